The van der Waals surface area contributed by atoms with E-state index in [1.807, 2.05) is 4.90 Å². The van der Waals surface area contributed by atoms with Gasteiger partial charge in [0.05, 0.1) is 26.4 Å². The largest absolute Gasteiger partial charge is 0.466 e. The smallest absolute Gasteiger partial charge is 0.307 e. The Balaban J connectivity index is 2.02. The van der Waals surface area contributed by atoms with E-state index in [1.54, 1.807) is 30.2 Å². The number of nitro groups is 1. The summed E-state index contributed by atoms with van der Waals surface area (Å²) in [6.07, 6.45) is 1.84. The first-order chi connectivity index (χ1) is 12.0. The van der Waals surface area contributed by atoms with Gasteiger partial charge in [-0.3, -0.25) is 9.69 Å². The Morgan fingerprint density at radius 2 is 2.36 bits per heavy atom. The molecule has 0 aromatic carbocycles. The minimum Gasteiger partial charge on any atom is -0.466 e. The average molecular weight is 371 g/mol. The first-order valence-electron chi connectivity index (χ1n) is 7.68. The summed E-state index contributed by atoms with van der Waals surface area (Å²) in [5, 5.41) is 16.6. The number of esters is 1. The number of carbonyl (C=O) groups is 1. The van der Waals surface area contributed by atoms with E-state index in [2.05, 4.69) is 15.4 Å². The molecule has 25 heavy (non-hydrogen) atoms. The maximum atomic E-state index is 11.5. The fraction of sp³-hybridized carbons (Fsp3) is 0.500. The monoisotopic (exact) mass is 370 g/mol. The predicted molar refractivity (Wildman–Crippen MR) is 90.0 cm³/mol. The van der Waals surface area contributed by atoms with Crippen LogP contribution in [0.25, 0.3) is 0 Å². The molecule has 1 fully saturated rings. The second-order valence-electron chi connectivity index (χ2n) is 5.27. The first kappa shape index (κ1) is 18.9. The fourth-order valence-corrected chi connectivity index (χ4v) is 2.42. The molecule has 0 atom stereocenters. The van der Waals surface area contributed by atoms with Gasteiger partial charge in [-0.25, -0.2) is 15.1 Å². The maximum Gasteiger partial charge on any atom is 0.307 e. The summed E-state index contributed by atoms with van der Waals surface area (Å²) in [7, 11) is 0. The zero-order valence-electron chi connectivity index (χ0n) is 13.7. The molecule has 0 unspecified atom stereocenters. The minimum absolute atomic E-state index is 0.160. The molecule has 0 aliphatic carbocycles. The molecule has 0 amide bonds. The number of hydrazone groups is 1. The summed E-state index contributed by atoms with van der Waals surface area (Å²) >= 11 is 5.77. The molecule has 0 radical (unpaired) electrons. The molecule has 1 N–H and O–H groups in total. The summed E-state index contributed by atoms with van der Waals surface area (Å²) in [6.45, 7) is 3.64. The Morgan fingerprint density at radius 1 is 1.56 bits per heavy atom. The molecule has 0 saturated carbocycles. The number of hydrogen-bond acceptors (Lipinski definition) is 6. The number of pyridine rings is 1. The molecule has 1 aromatic heterocycles. The molecule has 2 rings (SSSR count). The highest BCUT2D eigenvalue weighted by Gasteiger charge is 2.25. The predicted octanol–water partition coefficient (Wildman–Crippen LogP) is 0.858. The van der Waals surface area contributed by atoms with Crippen molar-refractivity contribution in [2.24, 2.45) is 5.10 Å². The molecule has 1 aliphatic rings. The minimum atomic E-state index is -0.746. The molecule has 1 aliphatic heterocycles. The Kier molecular flexibility index (Phi) is 6.90. The van der Waals surface area contributed by atoms with Crippen LogP contribution < -0.4 is 5.32 Å². The molecule has 0 spiro atoms. The molecule has 11 heteroatoms. The highest BCUT2D eigenvalue weighted by Crippen LogP contribution is 2.11. The van der Waals surface area contributed by atoms with Gasteiger partial charge in [0.1, 0.15) is 10.3 Å². The summed E-state index contributed by atoms with van der Waals surface area (Å²) in [5.74, 6) is -0.118. The highest BCUT2D eigenvalue weighted by molar-refractivity contribution is 6.29. The molecule has 2 heterocycles. The third-order valence-electron chi connectivity index (χ3n) is 3.41. The zero-order chi connectivity index (χ0) is 18.2. The Hall–Kier alpha value is -2.46. The van der Waals surface area contributed by atoms with Gasteiger partial charge in [0.25, 0.3) is 5.96 Å². The van der Waals surface area contributed by atoms with Crippen LogP contribution in [0.4, 0.5) is 0 Å². The van der Waals surface area contributed by atoms with Gasteiger partial charge in [0.15, 0.2) is 5.03 Å². The third kappa shape index (κ3) is 6.16. The molecule has 136 valence electrons. The van der Waals surface area contributed by atoms with Crippen LogP contribution in [-0.2, 0) is 16.1 Å². The van der Waals surface area contributed by atoms with Gasteiger partial charge in [-0.2, -0.15) is 0 Å². The number of nitrogens with one attached hydrogen (secondary N) is 1. The van der Waals surface area contributed by atoms with Gasteiger partial charge >= 0.3 is 5.97 Å². The lowest BCUT2D eigenvalue weighted by Gasteiger charge is -2.36. The van der Waals surface area contributed by atoms with E-state index >= 15 is 0 Å². The van der Waals surface area contributed by atoms with Crippen LogP contribution >= 0.6 is 11.6 Å². The van der Waals surface area contributed by atoms with Crippen molar-refractivity contribution in [1.29, 1.82) is 0 Å². The molecular formula is C14H19ClN6O4. The lowest BCUT2D eigenvalue weighted by molar-refractivity contribution is -0.486. The number of aromatic nitrogens is 1. The molecular weight excluding hydrogens is 352 g/mol. The molecule has 0 bridgehead atoms. The van der Waals surface area contributed by atoms with E-state index in [4.69, 9.17) is 16.3 Å². The van der Waals surface area contributed by atoms with Gasteiger partial charge in [-0.05, 0) is 18.6 Å². The van der Waals surface area contributed by atoms with Crippen molar-refractivity contribution in [3.05, 3.63) is 39.2 Å². The fourth-order valence-electron chi connectivity index (χ4n) is 2.31. The van der Waals surface area contributed by atoms with Crippen molar-refractivity contribution in [3.8, 4) is 0 Å². The number of halogens is 1. The average Bonchev–Trinajstić information content (AvgIpc) is 2.57. The van der Waals surface area contributed by atoms with Crippen LogP contribution in [0.15, 0.2) is 23.4 Å². The summed E-state index contributed by atoms with van der Waals surface area (Å²) in [4.78, 5) is 29.8. The van der Waals surface area contributed by atoms with Crippen molar-refractivity contribution in [1.82, 2.24) is 20.1 Å². The normalized spacial score (nSPS) is 16.6. The Labute approximate surface area is 149 Å². The van der Waals surface area contributed by atoms with Crippen LogP contribution in [0.3, 0.4) is 0 Å². The van der Waals surface area contributed by atoms with Crippen LogP contribution in [-0.4, -0.2) is 58.2 Å². The van der Waals surface area contributed by atoms with Gasteiger partial charge in [0.2, 0.25) is 0 Å². The van der Waals surface area contributed by atoms with Crippen molar-refractivity contribution in [2.45, 2.75) is 19.9 Å². The van der Waals surface area contributed by atoms with Crippen molar-refractivity contribution in [2.75, 3.05) is 26.5 Å². The highest BCUT2D eigenvalue weighted by atomic mass is 35.5. The maximum absolute atomic E-state index is 11.5. The number of ether oxygens (including phenoxy) is 1. The van der Waals surface area contributed by atoms with E-state index in [1.165, 1.54) is 0 Å². The molecule has 1 aromatic rings. The van der Waals surface area contributed by atoms with Crippen LogP contribution in [0.1, 0.15) is 18.9 Å². The number of nitrogens with zero attached hydrogens (tertiary/aromatic N) is 5. The van der Waals surface area contributed by atoms with Crippen LogP contribution in [0.2, 0.25) is 5.15 Å². The standard InChI is InChI=1S/C14H19ClN6O4/c1-2-25-13(22)5-6-19-9-17-14(18-21(23)24)20(10-19)8-11-3-4-12(15)16-7-11/h3-4,7H,2,5-6,8-10H2,1H3,(H,17,18). The lowest BCUT2D eigenvalue weighted by atomic mass is 10.2. The van der Waals surface area contributed by atoms with E-state index in [0.717, 1.165) is 5.56 Å². The van der Waals surface area contributed by atoms with Gasteiger partial charge < -0.3 is 15.0 Å². The Bertz CT molecular complexity index is 639. The third-order valence-corrected chi connectivity index (χ3v) is 3.63. The lowest BCUT2D eigenvalue weighted by Crippen LogP contribution is -2.57. The first-order valence-corrected chi connectivity index (χ1v) is 8.06. The quantitative estimate of drug-likeness (QED) is 0.325. The number of rotatable bonds is 7. The molecule has 1 saturated heterocycles. The zero-order valence-corrected chi connectivity index (χ0v) is 14.5. The van der Waals surface area contributed by atoms with Gasteiger partial charge in [0, 0.05) is 19.3 Å². The summed E-state index contributed by atoms with van der Waals surface area (Å²) in [5.41, 5.74) is 0.828. The van der Waals surface area contributed by atoms with E-state index in [9.17, 15) is 14.9 Å². The van der Waals surface area contributed by atoms with Crippen molar-refractivity contribution < 1.29 is 14.6 Å². The second kappa shape index (κ2) is 9.14. The van der Waals surface area contributed by atoms with E-state index in [0.29, 0.717) is 38.2 Å². The van der Waals surface area contributed by atoms with Crippen molar-refractivity contribution >= 4 is 23.5 Å². The van der Waals surface area contributed by atoms with Gasteiger partial charge in [-0.1, -0.05) is 17.7 Å². The number of carbonyl (C=O) groups excluding carboxylic acids is 1. The topological polar surface area (TPSA) is 113 Å². The van der Waals surface area contributed by atoms with Crippen molar-refractivity contribution in [3.63, 3.8) is 0 Å². The van der Waals surface area contributed by atoms with E-state index < -0.39 is 5.03 Å². The number of hydrogen-bond donors (Lipinski definition) is 1. The second-order valence-corrected chi connectivity index (χ2v) is 5.66. The van der Waals surface area contributed by atoms with Gasteiger partial charge in [-0.15, -0.1) is 0 Å². The Morgan fingerprint density at radius 3 is 3.00 bits per heavy atom. The summed E-state index contributed by atoms with van der Waals surface area (Å²) in [6, 6.07) is 3.44. The SMILES string of the molecule is CCOC(=O)CCN1CN/C(=N\[N+](=O)[O-])N(Cc2ccc(Cl)nc2)C1. The molecule has 10 nitrogen and oxygen atoms in total. The van der Waals surface area contributed by atoms with Crippen LogP contribution in [0, 0.1) is 10.1 Å². The summed E-state index contributed by atoms with van der Waals surface area (Å²) < 4.78 is 4.91. The van der Waals surface area contributed by atoms with E-state index in [-0.39, 0.29) is 18.3 Å². The number of guanidine groups is 1. The van der Waals surface area contributed by atoms with Crippen LogP contribution in [0.5, 0.6) is 0 Å².